The number of hydrogen-bond donors (Lipinski definition) is 0. The molecule has 0 atom stereocenters. The lowest BCUT2D eigenvalue weighted by molar-refractivity contribution is -0.155. The number of nitrogens with zero attached hydrogens (tertiary/aromatic N) is 2. The van der Waals surface area contributed by atoms with Crippen LogP contribution in [0, 0.1) is 0 Å². The van der Waals surface area contributed by atoms with Crippen LogP contribution in [0.4, 0.5) is 0 Å². The van der Waals surface area contributed by atoms with Crippen LogP contribution in [0.2, 0.25) is 0 Å². The van der Waals surface area contributed by atoms with E-state index in [-0.39, 0.29) is 19.1 Å². The molecule has 1 aliphatic heterocycles. The van der Waals surface area contributed by atoms with Gasteiger partial charge in [0.25, 0.3) is 5.91 Å². The van der Waals surface area contributed by atoms with Crippen molar-refractivity contribution >= 4 is 23.7 Å². The number of hydrogen-bond acceptors (Lipinski definition) is 6. The molecule has 0 aromatic heterocycles. The van der Waals surface area contributed by atoms with Crippen LogP contribution in [0.1, 0.15) is 17.5 Å². The van der Waals surface area contributed by atoms with Crippen LogP contribution in [0.5, 0.6) is 5.75 Å². The number of rotatable bonds is 8. The van der Waals surface area contributed by atoms with Crippen molar-refractivity contribution < 1.29 is 23.9 Å². The number of oxime groups is 1. The monoisotopic (exact) mass is 408 g/mol. The number of benzene rings is 2. The Morgan fingerprint density at radius 3 is 2.50 bits per heavy atom. The summed E-state index contributed by atoms with van der Waals surface area (Å²) in [6.45, 7) is 0.430. The van der Waals surface area contributed by atoms with Gasteiger partial charge in [0.15, 0.2) is 6.61 Å². The van der Waals surface area contributed by atoms with Gasteiger partial charge in [-0.1, -0.05) is 41.6 Å². The van der Waals surface area contributed by atoms with Crippen LogP contribution in [-0.4, -0.2) is 56.4 Å². The molecule has 0 N–H and O–H groups in total. The zero-order valence-corrected chi connectivity index (χ0v) is 16.8. The summed E-state index contributed by atoms with van der Waals surface area (Å²) in [5, 5.41) is 3.72. The summed E-state index contributed by atoms with van der Waals surface area (Å²) in [5.74, 6) is -0.136. The van der Waals surface area contributed by atoms with Crippen molar-refractivity contribution in [1.29, 1.82) is 0 Å². The minimum absolute atomic E-state index is 0.228. The fourth-order valence-corrected chi connectivity index (χ4v) is 2.96. The maximum absolute atomic E-state index is 12.3. The summed E-state index contributed by atoms with van der Waals surface area (Å²) in [6, 6.07) is 17.3. The largest absolute Gasteiger partial charge is 0.497 e. The Kier molecular flexibility index (Phi) is 7.60. The summed E-state index contributed by atoms with van der Waals surface area (Å²) in [5.41, 5.74) is 3.19. The van der Waals surface area contributed by atoms with Gasteiger partial charge < -0.3 is 19.2 Å². The van der Waals surface area contributed by atoms with Crippen molar-refractivity contribution in [1.82, 2.24) is 4.90 Å². The summed E-state index contributed by atoms with van der Waals surface area (Å²) in [7, 11) is 1.59. The molecule has 7 heteroatoms. The predicted molar refractivity (Wildman–Crippen MR) is 113 cm³/mol. The first kappa shape index (κ1) is 21.1. The number of methoxy groups -OCH3 is 1. The highest BCUT2D eigenvalue weighted by atomic mass is 16.7. The zero-order chi connectivity index (χ0) is 21.2. The number of carbonyl (C=O) groups is 2. The first-order chi connectivity index (χ1) is 14.7. The van der Waals surface area contributed by atoms with Gasteiger partial charge >= 0.3 is 5.97 Å². The highest BCUT2D eigenvalue weighted by Gasteiger charge is 2.19. The third-order valence-corrected chi connectivity index (χ3v) is 4.64. The zero-order valence-electron chi connectivity index (χ0n) is 16.8. The molecular formula is C23H24N2O5. The molecule has 2 aromatic rings. The quantitative estimate of drug-likeness (QED) is 0.381. The minimum atomic E-state index is -0.646. The lowest BCUT2D eigenvalue weighted by atomic mass is 10.00. The lowest BCUT2D eigenvalue weighted by Gasteiger charge is -2.26. The predicted octanol–water partition coefficient (Wildman–Crippen LogP) is 2.90. The molecule has 0 fully saturated rings. The Labute approximate surface area is 175 Å². The topological polar surface area (TPSA) is 77.4 Å². The van der Waals surface area contributed by atoms with E-state index in [1.54, 1.807) is 36.3 Å². The van der Waals surface area contributed by atoms with E-state index >= 15 is 0 Å². The van der Waals surface area contributed by atoms with E-state index in [4.69, 9.17) is 14.3 Å². The number of amides is 1. The Hall–Kier alpha value is -3.61. The van der Waals surface area contributed by atoms with Crippen molar-refractivity contribution in [3.05, 3.63) is 71.8 Å². The van der Waals surface area contributed by atoms with Crippen LogP contribution in [-0.2, 0) is 19.2 Å². The van der Waals surface area contributed by atoms with Crippen LogP contribution < -0.4 is 4.74 Å². The number of esters is 1. The van der Waals surface area contributed by atoms with Gasteiger partial charge in [0.1, 0.15) is 5.75 Å². The molecular weight excluding hydrogens is 384 g/mol. The van der Waals surface area contributed by atoms with Gasteiger partial charge in [0, 0.05) is 13.1 Å². The molecule has 0 spiro atoms. The van der Waals surface area contributed by atoms with Crippen LogP contribution >= 0.6 is 0 Å². The Morgan fingerprint density at radius 2 is 1.83 bits per heavy atom. The molecule has 0 saturated carbocycles. The SMILES string of the molecule is COc1ccc(/C=N\OCC(=O)OCC(=O)N2CC=C(c3ccccc3)CC2)cc1. The molecule has 0 radical (unpaired) electrons. The van der Waals surface area contributed by atoms with Gasteiger partial charge in [0.2, 0.25) is 6.61 Å². The van der Waals surface area contributed by atoms with E-state index in [0.717, 1.165) is 17.7 Å². The summed E-state index contributed by atoms with van der Waals surface area (Å²) in [6.07, 6.45) is 4.28. The van der Waals surface area contributed by atoms with E-state index in [2.05, 4.69) is 17.3 Å². The summed E-state index contributed by atoms with van der Waals surface area (Å²) in [4.78, 5) is 30.6. The third kappa shape index (κ3) is 6.20. The Bertz CT molecular complexity index is 907. The first-order valence-electron chi connectivity index (χ1n) is 9.63. The average molecular weight is 408 g/mol. The van der Waals surface area contributed by atoms with Crippen molar-refractivity contribution in [3.63, 3.8) is 0 Å². The Balaban J connectivity index is 1.36. The van der Waals surface area contributed by atoms with Gasteiger partial charge in [-0.25, -0.2) is 4.79 Å². The summed E-state index contributed by atoms with van der Waals surface area (Å²) >= 11 is 0. The van der Waals surface area contributed by atoms with Gasteiger partial charge in [0.05, 0.1) is 13.3 Å². The third-order valence-electron chi connectivity index (χ3n) is 4.64. The number of ether oxygens (including phenoxy) is 2. The molecule has 0 aliphatic carbocycles. The van der Waals surface area contributed by atoms with Crippen LogP contribution in [0.3, 0.4) is 0 Å². The normalized spacial score (nSPS) is 13.6. The molecule has 2 aromatic carbocycles. The molecule has 3 rings (SSSR count). The van der Waals surface area contributed by atoms with E-state index in [0.29, 0.717) is 13.1 Å². The highest BCUT2D eigenvalue weighted by molar-refractivity contribution is 5.82. The van der Waals surface area contributed by atoms with E-state index < -0.39 is 5.97 Å². The van der Waals surface area contributed by atoms with Crippen molar-refractivity contribution in [2.45, 2.75) is 6.42 Å². The molecule has 0 unspecified atom stereocenters. The van der Waals surface area contributed by atoms with Gasteiger partial charge in [-0.2, -0.15) is 0 Å². The first-order valence-corrected chi connectivity index (χ1v) is 9.63. The average Bonchev–Trinajstić information content (AvgIpc) is 2.81. The standard InChI is InChI=1S/C23H24N2O5/c1-28-21-9-7-18(8-10-21)15-24-30-17-23(27)29-16-22(26)25-13-11-20(12-14-25)19-5-3-2-4-6-19/h2-11,15H,12-14,16-17H2,1H3/b24-15-. The fraction of sp³-hybridized carbons (Fsp3) is 0.261. The highest BCUT2D eigenvalue weighted by Crippen LogP contribution is 2.21. The van der Waals surface area contributed by atoms with Crippen LogP contribution in [0.15, 0.2) is 65.8 Å². The fourth-order valence-electron chi connectivity index (χ4n) is 2.96. The second-order valence-corrected chi connectivity index (χ2v) is 6.63. The van der Waals surface area contributed by atoms with Crippen molar-refractivity contribution in [2.24, 2.45) is 5.16 Å². The van der Waals surface area contributed by atoms with Gasteiger partial charge in [-0.05, 0) is 47.4 Å². The smallest absolute Gasteiger partial charge is 0.347 e. The van der Waals surface area contributed by atoms with Crippen molar-refractivity contribution in [2.75, 3.05) is 33.4 Å². The second kappa shape index (κ2) is 10.8. The molecule has 1 aliphatic rings. The van der Waals surface area contributed by atoms with E-state index in [1.165, 1.54) is 17.4 Å². The van der Waals surface area contributed by atoms with Crippen LogP contribution in [0.25, 0.3) is 5.57 Å². The summed E-state index contributed by atoms with van der Waals surface area (Å²) < 4.78 is 10.1. The lowest BCUT2D eigenvalue weighted by Crippen LogP contribution is -2.37. The molecule has 1 heterocycles. The Morgan fingerprint density at radius 1 is 1.07 bits per heavy atom. The molecule has 1 amide bonds. The molecule has 0 saturated heterocycles. The van der Waals surface area contributed by atoms with Gasteiger partial charge in [-0.15, -0.1) is 0 Å². The molecule has 30 heavy (non-hydrogen) atoms. The minimum Gasteiger partial charge on any atom is -0.497 e. The van der Waals surface area contributed by atoms with Gasteiger partial charge in [-0.3, -0.25) is 4.79 Å². The molecule has 0 bridgehead atoms. The molecule has 156 valence electrons. The number of carbonyl (C=O) groups excluding carboxylic acids is 2. The van der Waals surface area contributed by atoms with E-state index in [9.17, 15) is 9.59 Å². The molecule has 7 nitrogen and oxygen atoms in total. The maximum atomic E-state index is 12.3. The maximum Gasteiger partial charge on any atom is 0.347 e. The second-order valence-electron chi connectivity index (χ2n) is 6.63. The van der Waals surface area contributed by atoms with Crippen molar-refractivity contribution in [3.8, 4) is 5.75 Å². The van der Waals surface area contributed by atoms with E-state index in [1.807, 2.05) is 24.3 Å².